The number of methoxy groups -OCH3 is 1. The number of hydrogen-bond acceptors (Lipinski definition) is 4. The van der Waals surface area contributed by atoms with Crippen LogP contribution >= 0.6 is 11.6 Å². The van der Waals surface area contributed by atoms with Gasteiger partial charge in [-0.1, -0.05) is 11.6 Å². The molecule has 0 N–H and O–H groups in total. The van der Waals surface area contributed by atoms with E-state index in [-0.39, 0.29) is 0 Å². The van der Waals surface area contributed by atoms with E-state index in [1.807, 2.05) is 11.5 Å². The molecule has 0 bridgehead atoms. The molecule has 0 saturated carbocycles. The van der Waals surface area contributed by atoms with Crippen LogP contribution in [0.1, 0.15) is 5.69 Å². The summed E-state index contributed by atoms with van der Waals surface area (Å²) in [4.78, 5) is 29.4. The van der Waals surface area contributed by atoms with Crippen LogP contribution in [0.25, 0.3) is 22.6 Å². The van der Waals surface area contributed by atoms with Crippen LogP contribution in [-0.2, 0) is 14.1 Å². The van der Waals surface area contributed by atoms with Gasteiger partial charge in [-0.05, 0) is 25.1 Å². The summed E-state index contributed by atoms with van der Waals surface area (Å²) in [6.07, 6.45) is 1.80. The molecule has 0 radical (unpaired) electrons. The van der Waals surface area contributed by atoms with Crippen LogP contribution in [0.2, 0.25) is 5.02 Å². The number of nitrogens with zero attached hydrogens (tertiary/aromatic N) is 5. The van der Waals surface area contributed by atoms with Gasteiger partial charge in [0.1, 0.15) is 5.75 Å². The molecule has 0 aliphatic carbocycles. The summed E-state index contributed by atoms with van der Waals surface area (Å²) in [6.45, 7) is 1.90. The molecule has 0 atom stereocenters. The van der Waals surface area contributed by atoms with Gasteiger partial charge in [-0.2, -0.15) is 4.98 Å². The van der Waals surface area contributed by atoms with E-state index in [1.165, 1.54) is 11.6 Å². The SMILES string of the molecule is COc1ccc(Cl)cc1-n1c(C)cn2c3c(=O)n(C)c(=O)n(C)c3nc12. The highest BCUT2D eigenvalue weighted by Gasteiger charge is 2.21. The maximum atomic E-state index is 12.6. The number of rotatable bonds is 2. The third-order valence-corrected chi connectivity index (χ3v) is 4.76. The predicted molar refractivity (Wildman–Crippen MR) is 98.8 cm³/mol. The van der Waals surface area contributed by atoms with Crippen molar-refractivity contribution in [3.05, 3.63) is 56.0 Å². The Bertz CT molecular complexity index is 1310. The number of ether oxygens (including phenoxy) is 1. The average Bonchev–Trinajstić information content (AvgIpc) is 3.12. The first kappa shape index (κ1) is 16.5. The van der Waals surface area contributed by atoms with Crippen LogP contribution in [0.15, 0.2) is 34.0 Å². The lowest BCUT2D eigenvalue weighted by Crippen LogP contribution is -2.37. The Morgan fingerprint density at radius 2 is 1.88 bits per heavy atom. The number of aromatic nitrogens is 5. The molecule has 1 aromatic carbocycles. The lowest BCUT2D eigenvalue weighted by molar-refractivity contribution is 0.413. The van der Waals surface area contributed by atoms with Gasteiger partial charge < -0.3 is 4.74 Å². The van der Waals surface area contributed by atoms with Gasteiger partial charge in [0.15, 0.2) is 11.2 Å². The molecule has 26 heavy (non-hydrogen) atoms. The van der Waals surface area contributed by atoms with E-state index in [0.717, 1.165) is 10.3 Å². The van der Waals surface area contributed by atoms with E-state index in [1.54, 1.807) is 43.0 Å². The minimum Gasteiger partial charge on any atom is -0.495 e. The third-order valence-electron chi connectivity index (χ3n) is 4.52. The highest BCUT2D eigenvalue weighted by Crippen LogP contribution is 2.30. The summed E-state index contributed by atoms with van der Waals surface area (Å²) in [7, 11) is 4.62. The second-order valence-corrected chi connectivity index (χ2v) is 6.52. The molecule has 0 amide bonds. The van der Waals surface area contributed by atoms with Crippen LogP contribution < -0.4 is 16.0 Å². The fourth-order valence-corrected chi connectivity index (χ4v) is 3.39. The van der Waals surface area contributed by atoms with Crippen LogP contribution in [0, 0.1) is 6.92 Å². The summed E-state index contributed by atoms with van der Waals surface area (Å²) >= 11 is 6.17. The summed E-state index contributed by atoms with van der Waals surface area (Å²) in [5.74, 6) is 1.11. The third kappa shape index (κ3) is 2.05. The van der Waals surface area contributed by atoms with Gasteiger partial charge >= 0.3 is 5.69 Å². The number of hydrogen-bond donors (Lipinski definition) is 0. The highest BCUT2D eigenvalue weighted by molar-refractivity contribution is 6.30. The Hall–Kier alpha value is -3.00. The summed E-state index contributed by atoms with van der Waals surface area (Å²) in [5, 5.41) is 0.548. The number of aryl methyl sites for hydroxylation is 2. The van der Waals surface area contributed by atoms with Crippen molar-refractivity contribution in [2.45, 2.75) is 6.92 Å². The van der Waals surface area contributed by atoms with E-state index in [2.05, 4.69) is 4.98 Å². The molecular formula is C17H16ClN5O3. The second kappa shape index (κ2) is 5.50. The molecule has 9 heteroatoms. The molecule has 0 spiro atoms. The van der Waals surface area contributed by atoms with Gasteiger partial charge in [0.2, 0.25) is 5.78 Å². The Morgan fingerprint density at radius 1 is 1.15 bits per heavy atom. The van der Waals surface area contributed by atoms with Crippen molar-refractivity contribution in [1.82, 2.24) is 23.1 Å². The van der Waals surface area contributed by atoms with Gasteiger partial charge in [-0.3, -0.25) is 22.9 Å². The molecule has 134 valence electrons. The quantitative estimate of drug-likeness (QED) is 0.535. The lowest BCUT2D eigenvalue weighted by atomic mass is 10.3. The van der Waals surface area contributed by atoms with Crippen LogP contribution in [0.3, 0.4) is 0 Å². The molecule has 3 heterocycles. The fourth-order valence-electron chi connectivity index (χ4n) is 3.22. The number of halogens is 1. The minimum absolute atomic E-state index is 0.322. The molecular weight excluding hydrogens is 358 g/mol. The molecule has 3 aromatic heterocycles. The number of benzene rings is 1. The van der Waals surface area contributed by atoms with Crippen molar-refractivity contribution in [2.75, 3.05) is 7.11 Å². The Morgan fingerprint density at radius 3 is 2.58 bits per heavy atom. The molecule has 0 aliphatic rings. The molecule has 4 rings (SSSR count). The molecule has 0 saturated heterocycles. The Labute approximate surface area is 152 Å². The van der Waals surface area contributed by atoms with Gasteiger partial charge in [-0.15, -0.1) is 0 Å². The summed E-state index contributed by atoms with van der Waals surface area (Å²) in [5.41, 5.74) is 1.38. The second-order valence-electron chi connectivity index (χ2n) is 6.08. The average molecular weight is 374 g/mol. The van der Waals surface area contributed by atoms with Crippen molar-refractivity contribution in [3.63, 3.8) is 0 Å². The van der Waals surface area contributed by atoms with E-state index in [9.17, 15) is 9.59 Å². The summed E-state index contributed by atoms with van der Waals surface area (Å²) < 4.78 is 11.4. The Kier molecular flexibility index (Phi) is 3.48. The van der Waals surface area contributed by atoms with E-state index in [0.29, 0.717) is 33.4 Å². The zero-order valence-electron chi connectivity index (χ0n) is 14.6. The molecule has 8 nitrogen and oxygen atoms in total. The van der Waals surface area contributed by atoms with Crippen molar-refractivity contribution in [2.24, 2.45) is 14.1 Å². The molecule has 4 aromatic rings. The standard InChI is InChI=1S/C17H16ClN5O3/c1-9-8-22-13-14(20(2)17(25)21(3)15(13)24)19-16(22)23(9)11-7-10(18)5-6-12(11)26-4/h5-8H,1-4H3. The van der Waals surface area contributed by atoms with Crippen molar-refractivity contribution in [1.29, 1.82) is 0 Å². The van der Waals surface area contributed by atoms with E-state index >= 15 is 0 Å². The summed E-state index contributed by atoms with van der Waals surface area (Å²) in [6, 6.07) is 5.27. The van der Waals surface area contributed by atoms with Crippen molar-refractivity contribution < 1.29 is 4.74 Å². The van der Waals surface area contributed by atoms with Crippen molar-refractivity contribution >= 4 is 28.5 Å². The minimum atomic E-state index is -0.424. The van der Waals surface area contributed by atoms with Gasteiger partial charge in [0.05, 0.1) is 12.8 Å². The van der Waals surface area contributed by atoms with Crippen LogP contribution in [0.4, 0.5) is 0 Å². The fraction of sp³-hybridized carbons (Fsp3) is 0.235. The maximum Gasteiger partial charge on any atom is 0.332 e. The van der Waals surface area contributed by atoms with Gasteiger partial charge in [0.25, 0.3) is 5.56 Å². The topological polar surface area (TPSA) is 75.5 Å². The largest absolute Gasteiger partial charge is 0.495 e. The molecule has 0 unspecified atom stereocenters. The first-order valence-corrected chi connectivity index (χ1v) is 8.23. The lowest BCUT2D eigenvalue weighted by Gasteiger charge is -2.11. The van der Waals surface area contributed by atoms with Crippen LogP contribution in [-0.4, -0.2) is 30.2 Å². The van der Waals surface area contributed by atoms with Crippen molar-refractivity contribution in [3.8, 4) is 11.4 Å². The predicted octanol–water partition coefficient (Wildman–Crippen LogP) is 1.65. The molecule has 0 aliphatic heterocycles. The first-order chi connectivity index (χ1) is 12.3. The number of fused-ring (bicyclic) bond motifs is 3. The maximum absolute atomic E-state index is 12.6. The smallest absolute Gasteiger partial charge is 0.332 e. The van der Waals surface area contributed by atoms with E-state index in [4.69, 9.17) is 16.3 Å². The van der Waals surface area contributed by atoms with E-state index < -0.39 is 11.2 Å². The first-order valence-electron chi connectivity index (χ1n) is 7.85. The molecule has 0 fully saturated rings. The van der Waals surface area contributed by atoms with Crippen LogP contribution in [0.5, 0.6) is 5.75 Å². The normalized spacial score (nSPS) is 11.6. The van der Waals surface area contributed by atoms with Gasteiger partial charge in [0, 0.05) is 31.0 Å². The highest BCUT2D eigenvalue weighted by atomic mass is 35.5. The zero-order chi connectivity index (χ0) is 18.7. The monoisotopic (exact) mass is 373 g/mol. The zero-order valence-corrected chi connectivity index (χ0v) is 15.4. The Balaban J connectivity index is 2.20. The number of imidazole rings is 2. The van der Waals surface area contributed by atoms with Gasteiger partial charge in [-0.25, -0.2) is 4.79 Å².